The smallest absolute Gasteiger partial charge is 0.0640 e. The topological polar surface area (TPSA) is 3.24 Å². The van der Waals surface area contributed by atoms with Gasteiger partial charge in [0, 0.05) is 26.8 Å². The Kier molecular flexibility index (Phi) is 6.75. The van der Waals surface area contributed by atoms with Gasteiger partial charge in [-0.05, 0) is 75.8 Å². The second kappa shape index (κ2) is 11.3. The summed E-state index contributed by atoms with van der Waals surface area (Å²) in [7, 11) is 0. The molecule has 1 heterocycles. The number of hydrogen-bond donors (Lipinski definition) is 0. The summed E-state index contributed by atoms with van der Waals surface area (Å²) >= 11 is 1.86. The Morgan fingerprint density at radius 3 is 1.43 bits per heavy atom. The fourth-order valence-electron chi connectivity index (χ4n) is 6.08. The number of fused-ring (bicyclic) bond motifs is 3. The van der Waals surface area contributed by atoms with Crippen LogP contribution in [0.5, 0.6) is 0 Å². The zero-order valence-electron chi connectivity index (χ0n) is 24.1. The number of nitrogens with zero attached hydrogens (tertiary/aromatic N) is 1. The minimum absolute atomic E-state index is 1.13. The van der Waals surface area contributed by atoms with Crippen molar-refractivity contribution in [2.45, 2.75) is 0 Å². The molecule has 8 aromatic rings. The van der Waals surface area contributed by atoms with Gasteiger partial charge in [0.15, 0.2) is 0 Å². The average Bonchev–Trinajstić information content (AvgIpc) is 3.49. The predicted octanol–water partition coefficient (Wildman–Crippen LogP) is 12.5. The van der Waals surface area contributed by atoms with E-state index in [1.807, 2.05) is 11.3 Å². The van der Waals surface area contributed by atoms with Gasteiger partial charge in [-0.25, -0.2) is 0 Å². The predicted molar refractivity (Wildman–Crippen MR) is 190 cm³/mol. The average molecular weight is 580 g/mol. The Morgan fingerprint density at radius 1 is 0.341 bits per heavy atom. The zero-order valence-corrected chi connectivity index (χ0v) is 24.9. The van der Waals surface area contributed by atoms with Crippen LogP contribution in [0.25, 0.3) is 53.6 Å². The van der Waals surface area contributed by atoms with Gasteiger partial charge in [-0.3, -0.25) is 0 Å². The molecule has 8 rings (SSSR count). The van der Waals surface area contributed by atoms with E-state index in [9.17, 15) is 0 Å². The van der Waals surface area contributed by atoms with Gasteiger partial charge in [-0.2, -0.15) is 0 Å². The Hall–Kier alpha value is -5.44. The largest absolute Gasteiger partial charge is 0.309 e. The monoisotopic (exact) mass is 579 g/mol. The molecule has 0 radical (unpaired) electrons. The van der Waals surface area contributed by atoms with Crippen LogP contribution in [-0.4, -0.2) is 0 Å². The molecule has 0 aliphatic rings. The molecule has 208 valence electrons. The van der Waals surface area contributed by atoms with Crippen LogP contribution < -0.4 is 4.90 Å². The van der Waals surface area contributed by atoms with Crippen molar-refractivity contribution < 1.29 is 0 Å². The zero-order chi connectivity index (χ0) is 29.3. The van der Waals surface area contributed by atoms with Crippen molar-refractivity contribution in [2.75, 3.05) is 4.90 Å². The highest BCUT2D eigenvalue weighted by molar-refractivity contribution is 7.26. The molecule has 2 heteroatoms. The molecule has 0 unspecified atom stereocenters. The van der Waals surface area contributed by atoms with Gasteiger partial charge in [-0.1, -0.05) is 133 Å². The van der Waals surface area contributed by atoms with E-state index in [2.05, 4.69) is 181 Å². The van der Waals surface area contributed by atoms with Crippen molar-refractivity contribution in [1.29, 1.82) is 0 Å². The van der Waals surface area contributed by atoms with Gasteiger partial charge >= 0.3 is 0 Å². The number of anilines is 3. The summed E-state index contributed by atoms with van der Waals surface area (Å²) in [6.45, 7) is 0. The molecular weight excluding hydrogens is 551 g/mol. The van der Waals surface area contributed by atoms with Gasteiger partial charge in [0.1, 0.15) is 0 Å². The Bertz CT molecular complexity index is 2200. The minimum Gasteiger partial charge on any atom is -0.309 e. The van der Waals surface area contributed by atoms with Crippen molar-refractivity contribution in [2.24, 2.45) is 0 Å². The van der Waals surface area contributed by atoms with Crippen LogP contribution in [-0.2, 0) is 0 Å². The molecule has 1 nitrogen and oxygen atoms in total. The lowest BCUT2D eigenvalue weighted by Gasteiger charge is -2.26. The molecule has 7 aromatic carbocycles. The third kappa shape index (κ3) is 4.86. The van der Waals surface area contributed by atoms with Gasteiger partial charge in [0.2, 0.25) is 0 Å². The number of thiophene rings is 1. The summed E-state index contributed by atoms with van der Waals surface area (Å²) in [6.07, 6.45) is 0. The third-order valence-corrected chi connectivity index (χ3v) is 9.49. The van der Waals surface area contributed by atoms with Crippen molar-refractivity contribution in [3.8, 4) is 33.4 Å². The molecule has 0 saturated carbocycles. The summed E-state index contributed by atoms with van der Waals surface area (Å²) < 4.78 is 2.60. The molecule has 1 aromatic heterocycles. The van der Waals surface area contributed by atoms with Crippen molar-refractivity contribution in [3.05, 3.63) is 176 Å². The number of rotatable bonds is 6. The van der Waals surface area contributed by atoms with Crippen LogP contribution in [0.3, 0.4) is 0 Å². The standard InChI is InChI=1S/C42H29NS/c1-3-11-30(12-4-1)32-21-25-36(26-22-32)43(40-19-10-18-39-38-17-7-8-20-41(38)44-42(39)40)37-27-23-33(24-28-37)35-16-9-15-34(29-35)31-13-5-2-6-14-31/h1-29H. The quantitative estimate of drug-likeness (QED) is 0.189. The molecular formula is C42H29NS. The van der Waals surface area contributed by atoms with Crippen LogP contribution in [0.1, 0.15) is 0 Å². The van der Waals surface area contributed by atoms with Crippen LogP contribution in [0.4, 0.5) is 17.1 Å². The Balaban J connectivity index is 1.23. The second-order valence-corrected chi connectivity index (χ2v) is 12.0. The van der Waals surface area contributed by atoms with E-state index >= 15 is 0 Å². The van der Waals surface area contributed by atoms with Gasteiger partial charge in [0.05, 0.1) is 10.4 Å². The molecule has 0 bridgehead atoms. The highest BCUT2D eigenvalue weighted by Gasteiger charge is 2.18. The molecule has 0 aliphatic heterocycles. The maximum Gasteiger partial charge on any atom is 0.0640 e. The maximum atomic E-state index is 2.40. The SMILES string of the molecule is c1ccc(-c2ccc(N(c3ccc(-c4cccc(-c5ccccc5)c4)cc3)c3cccc4c3sc3ccccc34)cc2)cc1. The molecule has 0 atom stereocenters. The molecule has 0 saturated heterocycles. The van der Waals surface area contributed by atoms with E-state index in [-0.39, 0.29) is 0 Å². The molecule has 0 spiro atoms. The highest BCUT2D eigenvalue weighted by Crippen LogP contribution is 2.45. The van der Waals surface area contributed by atoms with Crippen molar-refractivity contribution in [1.82, 2.24) is 0 Å². The van der Waals surface area contributed by atoms with Crippen LogP contribution in [0.2, 0.25) is 0 Å². The molecule has 0 fully saturated rings. The second-order valence-electron chi connectivity index (χ2n) is 11.0. The van der Waals surface area contributed by atoms with E-state index in [1.165, 1.54) is 59.2 Å². The first-order valence-electron chi connectivity index (χ1n) is 14.9. The summed E-state index contributed by atoms with van der Waals surface area (Å²) in [5, 5.41) is 2.60. The Labute approximate surface area is 261 Å². The summed E-state index contributed by atoms with van der Waals surface area (Å²) in [5.74, 6) is 0. The third-order valence-electron chi connectivity index (χ3n) is 8.29. The maximum absolute atomic E-state index is 2.40. The number of benzene rings is 7. The van der Waals surface area contributed by atoms with Crippen LogP contribution >= 0.6 is 11.3 Å². The lowest BCUT2D eigenvalue weighted by molar-refractivity contribution is 1.30. The molecule has 44 heavy (non-hydrogen) atoms. The van der Waals surface area contributed by atoms with E-state index < -0.39 is 0 Å². The highest BCUT2D eigenvalue weighted by atomic mass is 32.1. The van der Waals surface area contributed by atoms with E-state index in [0.29, 0.717) is 0 Å². The Morgan fingerprint density at radius 2 is 0.795 bits per heavy atom. The molecule has 0 N–H and O–H groups in total. The normalized spacial score (nSPS) is 11.2. The van der Waals surface area contributed by atoms with E-state index in [1.54, 1.807) is 0 Å². The first kappa shape index (κ1) is 26.2. The van der Waals surface area contributed by atoms with Gasteiger partial charge in [-0.15, -0.1) is 11.3 Å². The van der Waals surface area contributed by atoms with Crippen LogP contribution in [0.15, 0.2) is 176 Å². The lowest BCUT2D eigenvalue weighted by atomic mass is 9.99. The molecule has 0 amide bonds. The first-order chi connectivity index (χ1) is 21.8. The van der Waals surface area contributed by atoms with Crippen LogP contribution in [0, 0.1) is 0 Å². The lowest BCUT2D eigenvalue weighted by Crippen LogP contribution is -2.10. The fourth-order valence-corrected chi connectivity index (χ4v) is 7.29. The van der Waals surface area contributed by atoms with E-state index in [0.717, 1.165) is 11.4 Å². The summed E-state index contributed by atoms with van der Waals surface area (Å²) in [5.41, 5.74) is 10.8. The summed E-state index contributed by atoms with van der Waals surface area (Å²) in [6, 6.07) is 63.3. The van der Waals surface area contributed by atoms with Gasteiger partial charge in [0.25, 0.3) is 0 Å². The summed E-state index contributed by atoms with van der Waals surface area (Å²) in [4.78, 5) is 2.40. The van der Waals surface area contributed by atoms with Gasteiger partial charge < -0.3 is 4.90 Å². The first-order valence-corrected chi connectivity index (χ1v) is 15.8. The number of hydrogen-bond acceptors (Lipinski definition) is 2. The minimum atomic E-state index is 1.13. The fraction of sp³-hybridized carbons (Fsp3) is 0. The van der Waals surface area contributed by atoms with E-state index in [4.69, 9.17) is 0 Å². The van der Waals surface area contributed by atoms with Crippen molar-refractivity contribution in [3.63, 3.8) is 0 Å². The molecule has 0 aliphatic carbocycles. The van der Waals surface area contributed by atoms with Crippen molar-refractivity contribution >= 4 is 48.6 Å².